The fourth-order valence-corrected chi connectivity index (χ4v) is 2.43. The number of anilines is 1. The summed E-state index contributed by atoms with van der Waals surface area (Å²) in [6.07, 6.45) is 3.77. The summed E-state index contributed by atoms with van der Waals surface area (Å²) < 4.78 is 19.3. The van der Waals surface area contributed by atoms with Crippen LogP contribution in [0.2, 0.25) is 0 Å². The van der Waals surface area contributed by atoms with Crippen molar-refractivity contribution in [2.45, 2.75) is 18.6 Å². The van der Waals surface area contributed by atoms with Gasteiger partial charge in [-0.25, -0.2) is 14.4 Å². The van der Waals surface area contributed by atoms with Gasteiger partial charge in [0.1, 0.15) is 12.2 Å². The number of methoxy groups -OCH3 is 1. The van der Waals surface area contributed by atoms with E-state index < -0.39 is 0 Å². The molecule has 1 fully saturated rings. The van der Waals surface area contributed by atoms with Gasteiger partial charge >= 0.3 is 0 Å². The standard InChI is InChI=1S/C12H14FN5O/c1-19-8-5-10(11-15-7-16-17-11)18(6-8)12-9(13)3-2-4-14-12/h2-4,7-8,10H,5-6H2,1H3,(H,15,16,17)/t8-,10+/m1/s1. The first-order valence-corrected chi connectivity index (χ1v) is 6.05. The molecule has 6 nitrogen and oxygen atoms in total. The third-order valence-electron chi connectivity index (χ3n) is 3.36. The maximum Gasteiger partial charge on any atom is 0.165 e. The molecular weight excluding hydrogens is 249 g/mol. The molecule has 0 spiro atoms. The third kappa shape index (κ3) is 2.17. The first kappa shape index (κ1) is 12.0. The Balaban J connectivity index is 1.96. The molecule has 100 valence electrons. The zero-order valence-electron chi connectivity index (χ0n) is 10.5. The third-order valence-corrected chi connectivity index (χ3v) is 3.36. The number of hydrogen-bond acceptors (Lipinski definition) is 5. The van der Waals surface area contributed by atoms with Crippen LogP contribution < -0.4 is 4.90 Å². The summed E-state index contributed by atoms with van der Waals surface area (Å²) in [6, 6.07) is 2.88. The lowest BCUT2D eigenvalue weighted by Gasteiger charge is -2.23. The molecule has 1 aliphatic rings. The van der Waals surface area contributed by atoms with E-state index in [0.717, 1.165) is 6.42 Å². The Labute approximate surface area is 109 Å². The molecule has 0 unspecified atom stereocenters. The lowest BCUT2D eigenvalue weighted by molar-refractivity contribution is 0.118. The fraction of sp³-hybridized carbons (Fsp3) is 0.417. The lowest BCUT2D eigenvalue weighted by atomic mass is 10.2. The Kier molecular flexibility index (Phi) is 3.12. The van der Waals surface area contributed by atoms with Gasteiger partial charge in [0.05, 0.1) is 12.1 Å². The summed E-state index contributed by atoms with van der Waals surface area (Å²) in [5.41, 5.74) is 0. The van der Waals surface area contributed by atoms with E-state index in [1.165, 1.54) is 12.4 Å². The Hall–Kier alpha value is -2.02. The van der Waals surface area contributed by atoms with E-state index in [1.807, 2.05) is 4.90 Å². The molecule has 1 saturated heterocycles. The van der Waals surface area contributed by atoms with Crippen molar-refractivity contribution in [3.05, 3.63) is 36.3 Å². The maximum atomic E-state index is 13.9. The highest BCUT2D eigenvalue weighted by Crippen LogP contribution is 2.35. The Morgan fingerprint density at radius 1 is 1.47 bits per heavy atom. The van der Waals surface area contributed by atoms with Crippen molar-refractivity contribution in [1.29, 1.82) is 0 Å². The van der Waals surface area contributed by atoms with Gasteiger partial charge in [0.2, 0.25) is 0 Å². The van der Waals surface area contributed by atoms with Crippen LogP contribution >= 0.6 is 0 Å². The van der Waals surface area contributed by atoms with E-state index in [1.54, 1.807) is 19.4 Å². The zero-order chi connectivity index (χ0) is 13.2. The predicted octanol–water partition coefficient (Wildman–Crippen LogP) is 1.31. The number of nitrogens with zero attached hydrogens (tertiary/aromatic N) is 4. The van der Waals surface area contributed by atoms with Crippen molar-refractivity contribution in [1.82, 2.24) is 20.2 Å². The van der Waals surface area contributed by atoms with E-state index in [4.69, 9.17) is 4.74 Å². The van der Waals surface area contributed by atoms with Crippen LogP contribution in [-0.2, 0) is 4.74 Å². The molecule has 0 saturated carbocycles. The first-order valence-electron chi connectivity index (χ1n) is 6.05. The minimum absolute atomic E-state index is 0.0245. The summed E-state index contributed by atoms with van der Waals surface area (Å²) in [6.45, 7) is 0.579. The highest BCUT2D eigenvalue weighted by Gasteiger charge is 2.36. The largest absolute Gasteiger partial charge is 0.380 e. The smallest absolute Gasteiger partial charge is 0.165 e. The van der Waals surface area contributed by atoms with Crippen LogP contribution in [0.4, 0.5) is 10.2 Å². The number of aromatic nitrogens is 4. The molecule has 1 N–H and O–H groups in total. The molecule has 0 radical (unpaired) electrons. The first-order chi connectivity index (χ1) is 9.29. The Bertz CT molecular complexity index is 547. The highest BCUT2D eigenvalue weighted by atomic mass is 19.1. The molecule has 3 heterocycles. The minimum Gasteiger partial charge on any atom is -0.380 e. The van der Waals surface area contributed by atoms with Gasteiger partial charge in [-0.2, -0.15) is 5.10 Å². The second-order valence-corrected chi connectivity index (χ2v) is 4.44. The van der Waals surface area contributed by atoms with Gasteiger partial charge in [-0.3, -0.25) is 5.10 Å². The van der Waals surface area contributed by atoms with E-state index in [-0.39, 0.29) is 18.0 Å². The average Bonchev–Trinajstić information content (AvgIpc) is 3.08. The summed E-state index contributed by atoms with van der Waals surface area (Å²) in [5.74, 6) is 0.678. The molecule has 2 atom stereocenters. The molecule has 0 aliphatic carbocycles. The molecule has 1 aliphatic heterocycles. The van der Waals surface area contributed by atoms with Gasteiger partial charge in [0.25, 0.3) is 0 Å². The molecule has 0 aromatic carbocycles. The molecule has 7 heteroatoms. The van der Waals surface area contributed by atoms with Gasteiger partial charge in [-0.05, 0) is 12.1 Å². The van der Waals surface area contributed by atoms with E-state index in [0.29, 0.717) is 18.2 Å². The minimum atomic E-state index is -0.344. The molecular formula is C12H14FN5O. The number of ether oxygens (including phenoxy) is 1. The summed E-state index contributed by atoms with van der Waals surface area (Å²) >= 11 is 0. The average molecular weight is 263 g/mol. The zero-order valence-corrected chi connectivity index (χ0v) is 10.5. The van der Waals surface area contributed by atoms with Crippen LogP contribution in [0.15, 0.2) is 24.7 Å². The predicted molar refractivity (Wildman–Crippen MR) is 66.1 cm³/mol. The quantitative estimate of drug-likeness (QED) is 0.904. The second kappa shape index (κ2) is 4.93. The number of nitrogens with one attached hydrogen (secondary N) is 1. The summed E-state index contributed by atoms with van der Waals surface area (Å²) in [7, 11) is 1.65. The number of H-pyrrole nitrogens is 1. The highest BCUT2D eigenvalue weighted by molar-refractivity contribution is 5.43. The van der Waals surface area contributed by atoms with Crippen molar-refractivity contribution in [3.63, 3.8) is 0 Å². The molecule has 0 amide bonds. The van der Waals surface area contributed by atoms with Crippen LogP contribution in [0.5, 0.6) is 0 Å². The number of aromatic amines is 1. The molecule has 2 aromatic rings. The van der Waals surface area contributed by atoms with E-state index in [9.17, 15) is 4.39 Å². The van der Waals surface area contributed by atoms with Crippen molar-refractivity contribution < 1.29 is 9.13 Å². The van der Waals surface area contributed by atoms with Crippen molar-refractivity contribution in [3.8, 4) is 0 Å². The Morgan fingerprint density at radius 3 is 3.05 bits per heavy atom. The van der Waals surface area contributed by atoms with Gasteiger partial charge in [0, 0.05) is 26.3 Å². The molecule has 2 aromatic heterocycles. The number of pyridine rings is 1. The number of hydrogen-bond donors (Lipinski definition) is 1. The van der Waals surface area contributed by atoms with Crippen molar-refractivity contribution in [2.75, 3.05) is 18.6 Å². The topological polar surface area (TPSA) is 66.9 Å². The maximum absolute atomic E-state index is 13.9. The van der Waals surface area contributed by atoms with Crippen LogP contribution in [0.1, 0.15) is 18.3 Å². The Morgan fingerprint density at radius 2 is 2.37 bits per heavy atom. The van der Waals surface area contributed by atoms with Crippen LogP contribution in [0, 0.1) is 5.82 Å². The second-order valence-electron chi connectivity index (χ2n) is 4.44. The summed E-state index contributed by atoms with van der Waals surface area (Å²) in [5, 5.41) is 6.68. The lowest BCUT2D eigenvalue weighted by Crippen LogP contribution is -2.27. The van der Waals surface area contributed by atoms with Gasteiger partial charge in [-0.15, -0.1) is 0 Å². The van der Waals surface area contributed by atoms with Crippen molar-refractivity contribution >= 4 is 5.82 Å². The molecule has 0 bridgehead atoms. The van der Waals surface area contributed by atoms with Crippen LogP contribution in [-0.4, -0.2) is 39.9 Å². The fourth-order valence-electron chi connectivity index (χ4n) is 2.43. The van der Waals surface area contributed by atoms with E-state index in [2.05, 4.69) is 20.2 Å². The number of halogens is 1. The van der Waals surface area contributed by atoms with Gasteiger partial charge < -0.3 is 9.64 Å². The van der Waals surface area contributed by atoms with Crippen LogP contribution in [0.3, 0.4) is 0 Å². The molecule has 3 rings (SSSR count). The number of rotatable bonds is 3. The summed E-state index contributed by atoms with van der Waals surface area (Å²) in [4.78, 5) is 10.1. The monoisotopic (exact) mass is 263 g/mol. The van der Waals surface area contributed by atoms with Crippen LogP contribution in [0.25, 0.3) is 0 Å². The molecule has 19 heavy (non-hydrogen) atoms. The SMILES string of the molecule is CO[C@@H]1C[C@@H](c2ncn[nH]2)N(c2ncccc2F)C1. The van der Waals surface area contributed by atoms with Gasteiger partial charge in [0.15, 0.2) is 11.6 Å². The van der Waals surface area contributed by atoms with Crippen molar-refractivity contribution in [2.24, 2.45) is 0 Å². The normalized spacial score (nSPS) is 22.9. The van der Waals surface area contributed by atoms with Gasteiger partial charge in [-0.1, -0.05) is 0 Å². The van der Waals surface area contributed by atoms with E-state index >= 15 is 0 Å².